The average Bonchev–Trinajstić information content (AvgIpc) is 2.74. The highest BCUT2D eigenvalue weighted by molar-refractivity contribution is 6.04. The van der Waals surface area contributed by atoms with Crippen molar-refractivity contribution in [2.45, 2.75) is 6.42 Å². The van der Waals surface area contributed by atoms with Crippen LogP contribution in [0.15, 0.2) is 78.9 Å². The van der Waals surface area contributed by atoms with Gasteiger partial charge in [-0.15, -0.1) is 0 Å². The third kappa shape index (κ3) is 2.89. The van der Waals surface area contributed by atoms with Crippen molar-refractivity contribution in [3.8, 4) is 11.3 Å². The molecule has 2 N–H and O–H groups in total. The van der Waals surface area contributed by atoms with E-state index in [9.17, 15) is 4.79 Å². The number of nitrogens with zero attached hydrogens (tertiary/aromatic N) is 1. The molecule has 1 aliphatic heterocycles. The predicted octanol–water partition coefficient (Wildman–Crippen LogP) is 4.93. The fourth-order valence-corrected chi connectivity index (χ4v) is 3.75. The van der Waals surface area contributed by atoms with Gasteiger partial charge in [0.1, 0.15) is 0 Å². The van der Waals surface area contributed by atoms with E-state index in [0.29, 0.717) is 12.1 Å². The standard InChI is InChI=1S/C24H19N3O/c28-24-23-20(13-14-25-24)27-21(17-8-2-1-3-9-17)15-22(23)26-19-12-6-10-16-7-4-5-11-18(16)19/h1-12,15H,13-14H2,(H,25,28)(H,26,27). The van der Waals surface area contributed by atoms with Gasteiger partial charge < -0.3 is 10.6 Å². The molecule has 0 radical (unpaired) electrons. The van der Waals surface area contributed by atoms with Crippen LogP contribution >= 0.6 is 0 Å². The molecule has 5 rings (SSSR count). The summed E-state index contributed by atoms with van der Waals surface area (Å²) in [6.45, 7) is 0.616. The molecule has 1 aliphatic rings. The predicted molar refractivity (Wildman–Crippen MR) is 113 cm³/mol. The van der Waals surface area contributed by atoms with Gasteiger partial charge in [-0.3, -0.25) is 9.78 Å². The average molecular weight is 365 g/mol. The molecule has 0 aliphatic carbocycles. The summed E-state index contributed by atoms with van der Waals surface area (Å²) in [5, 5.41) is 8.73. The van der Waals surface area contributed by atoms with Crippen LogP contribution in [0.1, 0.15) is 16.1 Å². The third-order valence-corrected chi connectivity index (χ3v) is 5.10. The number of aromatic nitrogens is 1. The van der Waals surface area contributed by atoms with Crippen molar-refractivity contribution in [3.63, 3.8) is 0 Å². The monoisotopic (exact) mass is 365 g/mol. The van der Waals surface area contributed by atoms with Gasteiger partial charge in [0.25, 0.3) is 5.91 Å². The summed E-state index contributed by atoms with van der Waals surface area (Å²) in [5.41, 5.74) is 5.15. The summed E-state index contributed by atoms with van der Waals surface area (Å²) in [6.07, 6.45) is 0.728. The SMILES string of the molecule is O=C1NCCc2nc(-c3ccccc3)cc(Nc3cccc4ccccc34)c21. The van der Waals surface area contributed by atoms with Gasteiger partial charge in [-0.1, -0.05) is 66.7 Å². The second kappa shape index (κ2) is 6.82. The van der Waals surface area contributed by atoms with E-state index in [2.05, 4.69) is 28.8 Å². The highest BCUT2D eigenvalue weighted by Gasteiger charge is 2.23. The molecule has 0 saturated heterocycles. The summed E-state index contributed by atoms with van der Waals surface area (Å²) in [6, 6.07) is 26.4. The molecule has 0 bridgehead atoms. The van der Waals surface area contributed by atoms with E-state index in [0.717, 1.165) is 45.5 Å². The number of anilines is 2. The van der Waals surface area contributed by atoms with E-state index < -0.39 is 0 Å². The summed E-state index contributed by atoms with van der Waals surface area (Å²) >= 11 is 0. The fraction of sp³-hybridized carbons (Fsp3) is 0.0833. The van der Waals surface area contributed by atoms with E-state index in [-0.39, 0.29) is 5.91 Å². The number of hydrogen-bond donors (Lipinski definition) is 2. The molecule has 0 spiro atoms. The topological polar surface area (TPSA) is 54.0 Å². The smallest absolute Gasteiger partial charge is 0.255 e. The van der Waals surface area contributed by atoms with Crippen LogP contribution in [0.3, 0.4) is 0 Å². The van der Waals surface area contributed by atoms with Crippen molar-refractivity contribution in [3.05, 3.63) is 90.1 Å². The minimum atomic E-state index is -0.0731. The number of nitrogens with one attached hydrogen (secondary N) is 2. The summed E-state index contributed by atoms with van der Waals surface area (Å²) < 4.78 is 0. The molecule has 0 saturated carbocycles. The Morgan fingerprint density at radius 1 is 0.857 bits per heavy atom. The van der Waals surface area contributed by atoms with E-state index in [1.807, 2.05) is 60.7 Å². The number of fused-ring (bicyclic) bond motifs is 2. The minimum absolute atomic E-state index is 0.0731. The second-order valence-corrected chi connectivity index (χ2v) is 6.90. The maximum Gasteiger partial charge on any atom is 0.255 e. The van der Waals surface area contributed by atoms with Gasteiger partial charge in [-0.05, 0) is 17.5 Å². The first-order valence-electron chi connectivity index (χ1n) is 9.42. The Bertz CT molecular complexity index is 1180. The highest BCUT2D eigenvalue weighted by Crippen LogP contribution is 2.32. The first-order chi connectivity index (χ1) is 13.8. The molecular formula is C24H19N3O. The van der Waals surface area contributed by atoms with Crippen LogP contribution in [0.4, 0.5) is 11.4 Å². The number of carbonyl (C=O) groups excluding carboxylic acids is 1. The number of benzene rings is 3. The maximum atomic E-state index is 12.6. The van der Waals surface area contributed by atoms with Crippen LogP contribution in [-0.4, -0.2) is 17.4 Å². The van der Waals surface area contributed by atoms with Crippen LogP contribution in [0.5, 0.6) is 0 Å². The van der Waals surface area contributed by atoms with E-state index in [1.165, 1.54) is 0 Å². The Morgan fingerprint density at radius 3 is 2.54 bits per heavy atom. The molecule has 136 valence electrons. The molecule has 4 aromatic rings. The lowest BCUT2D eigenvalue weighted by Gasteiger charge is -2.21. The number of pyridine rings is 1. The molecule has 0 unspecified atom stereocenters. The number of rotatable bonds is 3. The number of carbonyl (C=O) groups is 1. The third-order valence-electron chi connectivity index (χ3n) is 5.10. The molecule has 1 amide bonds. The van der Waals surface area contributed by atoms with E-state index in [4.69, 9.17) is 4.98 Å². The van der Waals surface area contributed by atoms with Crippen LogP contribution in [-0.2, 0) is 6.42 Å². The fourth-order valence-electron chi connectivity index (χ4n) is 3.75. The first-order valence-corrected chi connectivity index (χ1v) is 9.42. The van der Waals surface area contributed by atoms with Crippen molar-refractivity contribution < 1.29 is 4.79 Å². The Balaban J connectivity index is 1.68. The lowest BCUT2D eigenvalue weighted by atomic mass is 10.0. The van der Waals surface area contributed by atoms with Crippen molar-refractivity contribution in [1.29, 1.82) is 0 Å². The van der Waals surface area contributed by atoms with Crippen LogP contribution < -0.4 is 10.6 Å². The van der Waals surface area contributed by atoms with Crippen molar-refractivity contribution in [1.82, 2.24) is 10.3 Å². The Kier molecular flexibility index (Phi) is 4.02. The van der Waals surface area contributed by atoms with Crippen molar-refractivity contribution >= 4 is 28.1 Å². The molecule has 2 heterocycles. The Hall–Kier alpha value is -3.66. The zero-order chi connectivity index (χ0) is 18.9. The lowest BCUT2D eigenvalue weighted by Crippen LogP contribution is -2.33. The lowest BCUT2D eigenvalue weighted by molar-refractivity contribution is 0.0946. The van der Waals surface area contributed by atoms with Gasteiger partial charge >= 0.3 is 0 Å². The Labute approximate surface area is 163 Å². The quantitative estimate of drug-likeness (QED) is 0.541. The molecule has 0 atom stereocenters. The van der Waals surface area contributed by atoms with Gasteiger partial charge in [0.05, 0.1) is 22.6 Å². The molecular weight excluding hydrogens is 346 g/mol. The second-order valence-electron chi connectivity index (χ2n) is 6.90. The van der Waals surface area contributed by atoms with Crippen LogP contribution in [0.25, 0.3) is 22.0 Å². The van der Waals surface area contributed by atoms with E-state index in [1.54, 1.807) is 0 Å². The van der Waals surface area contributed by atoms with Gasteiger partial charge in [-0.25, -0.2) is 0 Å². The maximum absolute atomic E-state index is 12.6. The normalized spacial score (nSPS) is 13.1. The van der Waals surface area contributed by atoms with Gasteiger partial charge in [0, 0.05) is 29.6 Å². The summed E-state index contributed by atoms with van der Waals surface area (Å²) in [4.78, 5) is 17.4. The highest BCUT2D eigenvalue weighted by atomic mass is 16.1. The molecule has 4 nitrogen and oxygen atoms in total. The molecule has 28 heavy (non-hydrogen) atoms. The zero-order valence-electron chi connectivity index (χ0n) is 15.3. The van der Waals surface area contributed by atoms with Crippen LogP contribution in [0, 0.1) is 0 Å². The molecule has 4 heteroatoms. The molecule has 1 aromatic heterocycles. The van der Waals surface area contributed by atoms with Gasteiger partial charge in [0.15, 0.2) is 0 Å². The molecule has 3 aromatic carbocycles. The van der Waals surface area contributed by atoms with E-state index >= 15 is 0 Å². The zero-order valence-corrected chi connectivity index (χ0v) is 15.3. The largest absolute Gasteiger partial charge is 0.354 e. The van der Waals surface area contributed by atoms with Crippen LogP contribution in [0.2, 0.25) is 0 Å². The van der Waals surface area contributed by atoms with Gasteiger partial charge in [0.2, 0.25) is 0 Å². The molecule has 0 fully saturated rings. The summed E-state index contributed by atoms with van der Waals surface area (Å²) in [7, 11) is 0. The Morgan fingerprint density at radius 2 is 1.64 bits per heavy atom. The van der Waals surface area contributed by atoms with Crippen molar-refractivity contribution in [2.75, 3.05) is 11.9 Å². The number of amides is 1. The van der Waals surface area contributed by atoms with Gasteiger partial charge in [-0.2, -0.15) is 0 Å². The first kappa shape index (κ1) is 16.5. The van der Waals surface area contributed by atoms with Crippen molar-refractivity contribution in [2.24, 2.45) is 0 Å². The number of hydrogen-bond acceptors (Lipinski definition) is 3. The minimum Gasteiger partial charge on any atom is -0.354 e. The summed E-state index contributed by atoms with van der Waals surface area (Å²) in [5.74, 6) is -0.0731.